The molecule has 1 aromatic carbocycles. The van der Waals surface area contributed by atoms with E-state index in [0.29, 0.717) is 12.4 Å². The van der Waals surface area contributed by atoms with Crippen molar-refractivity contribution in [3.8, 4) is 17.5 Å². The lowest BCUT2D eigenvalue weighted by Crippen LogP contribution is -2.03. The highest BCUT2D eigenvalue weighted by Crippen LogP contribution is 2.31. The first kappa shape index (κ1) is 13.4. The third kappa shape index (κ3) is 3.03. The van der Waals surface area contributed by atoms with E-state index in [1.165, 1.54) is 24.5 Å². The van der Waals surface area contributed by atoms with E-state index in [1.807, 2.05) is 6.92 Å². The van der Waals surface area contributed by atoms with Crippen LogP contribution in [0.2, 0.25) is 5.02 Å². The summed E-state index contributed by atoms with van der Waals surface area (Å²) in [4.78, 5) is 7.77. The normalized spacial score (nSPS) is 10.3. The summed E-state index contributed by atoms with van der Waals surface area (Å²) in [5, 5.41) is -0.0461. The number of hydrogen-bond donors (Lipinski definition) is 1. The Balaban J connectivity index is 2.27. The molecule has 2 aromatic rings. The van der Waals surface area contributed by atoms with Crippen LogP contribution in [0.25, 0.3) is 0 Å². The lowest BCUT2D eigenvalue weighted by atomic mass is 10.3. The second kappa shape index (κ2) is 5.71. The predicted octanol–water partition coefficient (Wildman–Crippen LogP) is 3.04. The van der Waals surface area contributed by atoms with Crippen molar-refractivity contribution in [2.75, 3.05) is 12.3 Å². The number of aromatic nitrogens is 2. The smallest absolute Gasteiger partial charge is 0.249 e. The van der Waals surface area contributed by atoms with Crippen LogP contribution in [0.1, 0.15) is 6.92 Å². The Bertz CT molecular complexity index is 595. The summed E-state index contributed by atoms with van der Waals surface area (Å²) in [6.45, 7) is 2.23. The molecule has 1 heterocycles. The van der Waals surface area contributed by atoms with E-state index in [4.69, 9.17) is 26.8 Å². The van der Waals surface area contributed by atoms with Crippen LogP contribution in [-0.4, -0.2) is 16.6 Å². The van der Waals surface area contributed by atoms with Gasteiger partial charge in [0.15, 0.2) is 5.69 Å². The van der Waals surface area contributed by atoms with Gasteiger partial charge >= 0.3 is 0 Å². The third-order valence-electron chi connectivity index (χ3n) is 2.20. The zero-order chi connectivity index (χ0) is 13.8. The van der Waals surface area contributed by atoms with Crippen LogP contribution < -0.4 is 15.2 Å². The minimum Gasteiger partial charge on any atom is -0.476 e. The molecule has 7 heteroatoms. The molecule has 5 nitrogen and oxygen atoms in total. The minimum atomic E-state index is -0.528. The Hall–Kier alpha value is -2.08. The van der Waals surface area contributed by atoms with E-state index in [1.54, 1.807) is 0 Å². The van der Waals surface area contributed by atoms with Crippen LogP contribution in [0, 0.1) is 5.82 Å². The first-order chi connectivity index (χ1) is 9.11. The summed E-state index contributed by atoms with van der Waals surface area (Å²) in [6.07, 6.45) is 1.27. The molecule has 2 N–H and O–H groups in total. The number of nitrogen functional groups attached to an aromatic ring is 1. The fourth-order valence-corrected chi connectivity index (χ4v) is 1.52. The molecule has 100 valence electrons. The van der Waals surface area contributed by atoms with Crippen molar-refractivity contribution in [2.45, 2.75) is 6.92 Å². The van der Waals surface area contributed by atoms with Crippen molar-refractivity contribution in [3.05, 3.63) is 35.4 Å². The number of hydrogen-bond acceptors (Lipinski definition) is 5. The SMILES string of the molecule is CCOc1ncnc(Oc2ccc(F)c(Cl)c2)c1N. The first-order valence-electron chi connectivity index (χ1n) is 5.48. The van der Waals surface area contributed by atoms with Gasteiger partial charge in [0.2, 0.25) is 11.8 Å². The van der Waals surface area contributed by atoms with Crippen LogP contribution in [0.3, 0.4) is 0 Å². The number of ether oxygens (including phenoxy) is 2. The van der Waals surface area contributed by atoms with Crippen molar-refractivity contribution >= 4 is 17.3 Å². The van der Waals surface area contributed by atoms with E-state index in [2.05, 4.69) is 9.97 Å². The zero-order valence-corrected chi connectivity index (χ0v) is 10.8. The van der Waals surface area contributed by atoms with Gasteiger partial charge in [0.1, 0.15) is 17.9 Å². The molecule has 1 aromatic heterocycles. The fourth-order valence-electron chi connectivity index (χ4n) is 1.35. The van der Waals surface area contributed by atoms with Crippen LogP contribution in [0.4, 0.5) is 10.1 Å². The number of nitrogens with two attached hydrogens (primary N) is 1. The van der Waals surface area contributed by atoms with Gasteiger partial charge in [0, 0.05) is 6.07 Å². The molecule has 0 unspecified atom stereocenters. The molecule has 0 radical (unpaired) electrons. The zero-order valence-electron chi connectivity index (χ0n) is 10.1. The molecule has 0 spiro atoms. The molecule has 2 rings (SSSR count). The topological polar surface area (TPSA) is 70.3 Å². The van der Waals surface area contributed by atoms with Gasteiger partial charge < -0.3 is 15.2 Å². The third-order valence-corrected chi connectivity index (χ3v) is 2.49. The number of benzene rings is 1. The molecule has 0 bridgehead atoms. The highest BCUT2D eigenvalue weighted by molar-refractivity contribution is 6.30. The standard InChI is InChI=1S/C12H11ClFN3O2/c1-2-18-11-10(15)12(17-6-16-11)19-7-3-4-9(14)8(13)5-7/h3-6H,2,15H2,1H3. The molecule has 0 fully saturated rings. The largest absolute Gasteiger partial charge is 0.476 e. The van der Waals surface area contributed by atoms with Crippen molar-refractivity contribution in [3.63, 3.8) is 0 Å². The van der Waals surface area contributed by atoms with Gasteiger partial charge in [-0.1, -0.05) is 11.6 Å². The van der Waals surface area contributed by atoms with Gasteiger partial charge in [-0.15, -0.1) is 0 Å². The molecule has 0 saturated carbocycles. The summed E-state index contributed by atoms with van der Waals surface area (Å²) < 4.78 is 23.7. The molecule has 0 amide bonds. The highest BCUT2D eigenvalue weighted by atomic mass is 35.5. The maximum Gasteiger partial charge on any atom is 0.249 e. The van der Waals surface area contributed by atoms with Crippen molar-refractivity contribution in [2.24, 2.45) is 0 Å². The van der Waals surface area contributed by atoms with Crippen molar-refractivity contribution in [1.82, 2.24) is 9.97 Å². The summed E-state index contributed by atoms with van der Waals surface area (Å²) in [7, 11) is 0. The van der Waals surface area contributed by atoms with Crippen LogP contribution in [0.5, 0.6) is 17.5 Å². The van der Waals surface area contributed by atoms with Gasteiger partial charge in [-0.2, -0.15) is 9.97 Å². The van der Waals surface area contributed by atoms with E-state index in [-0.39, 0.29) is 22.5 Å². The van der Waals surface area contributed by atoms with Crippen molar-refractivity contribution < 1.29 is 13.9 Å². The second-order valence-corrected chi connectivity index (χ2v) is 3.92. The van der Waals surface area contributed by atoms with Gasteiger partial charge in [0.25, 0.3) is 0 Å². The molecule has 0 aliphatic carbocycles. The second-order valence-electron chi connectivity index (χ2n) is 3.51. The first-order valence-corrected chi connectivity index (χ1v) is 5.85. The van der Waals surface area contributed by atoms with Crippen LogP contribution >= 0.6 is 11.6 Å². The van der Waals surface area contributed by atoms with Crippen molar-refractivity contribution in [1.29, 1.82) is 0 Å². The van der Waals surface area contributed by atoms with E-state index in [0.717, 1.165) is 0 Å². The molecule has 0 saturated heterocycles. The van der Waals surface area contributed by atoms with Crippen LogP contribution in [-0.2, 0) is 0 Å². The van der Waals surface area contributed by atoms with Gasteiger partial charge in [-0.05, 0) is 19.1 Å². The molecule has 0 atom stereocenters. The summed E-state index contributed by atoms with van der Waals surface area (Å²) in [5.74, 6) is 0.153. The molecule has 19 heavy (non-hydrogen) atoms. The molecule has 0 aliphatic rings. The highest BCUT2D eigenvalue weighted by Gasteiger charge is 2.12. The average molecular weight is 284 g/mol. The summed E-state index contributed by atoms with van der Waals surface area (Å²) in [5.41, 5.74) is 5.97. The Morgan fingerprint density at radius 1 is 1.32 bits per heavy atom. The maximum absolute atomic E-state index is 13.0. The molecular weight excluding hydrogens is 273 g/mol. The Morgan fingerprint density at radius 3 is 2.74 bits per heavy atom. The Kier molecular flexibility index (Phi) is 4.01. The van der Waals surface area contributed by atoms with Gasteiger partial charge in [-0.3, -0.25) is 0 Å². The number of anilines is 1. The molecular formula is C12H11ClFN3O2. The lowest BCUT2D eigenvalue weighted by Gasteiger charge is -2.10. The van der Waals surface area contributed by atoms with E-state index in [9.17, 15) is 4.39 Å². The lowest BCUT2D eigenvalue weighted by molar-refractivity contribution is 0.325. The Morgan fingerprint density at radius 2 is 2.05 bits per heavy atom. The maximum atomic E-state index is 13.0. The van der Waals surface area contributed by atoms with Gasteiger partial charge in [0.05, 0.1) is 11.6 Å². The van der Waals surface area contributed by atoms with Gasteiger partial charge in [-0.25, -0.2) is 4.39 Å². The number of rotatable bonds is 4. The number of nitrogens with zero attached hydrogens (tertiary/aromatic N) is 2. The quantitative estimate of drug-likeness (QED) is 0.934. The van der Waals surface area contributed by atoms with Crippen LogP contribution in [0.15, 0.2) is 24.5 Å². The fraction of sp³-hybridized carbons (Fsp3) is 0.167. The number of halogens is 2. The predicted molar refractivity (Wildman–Crippen MR) is 69.1 cm³/mol. The summed E-state index contributed by atoms with van der Waals surface area (Å²) in [6, 6.07) is 3.94. The Labute approximate surface area is 114 Å². The monoisotopic (exact) mass is 283 g/mol. The minimum absolute atomic E-state index is 0.0461. The van der Waals surface area contributed by atoms with E-state index < -0.39 is 5.82 Å². The molecule has 0 aliphatic heterocycles. The average Bonchev–Trinajstić information content (AvgIpc) is 2.39. The van der Waals surface area contributed by atoms with E-state index >= 15 is 0 Å². The summed E-state index contributed by atoms with van der Waals surface area (Å²) >= 11 is 5.66.